The highest BCUT2D eigenvalue weighted by atomic mass is 16.3. The zero-order chi connectivity index (χ0) is 20.3. The predicted molar refractivity (Wildman–Crippen MR) is 115 cm³/mol. The number of aryl methyl sites for hydroxylation is 2. The Morgan fingerprint density at radius 2 is 2.07 bits per heavy atom. The first-order chi connectivity index (χ1) is 13.9. The third-order valence-electron chi connectivity index (χ3n) is 5.68. The standard InChI is InChI=1S/C21H20BN5O2/c1-12-17(5-6-19(24-12)26-8-7-14(28)11-26)27-20-15-9-13(22)3-4-16(15)23-10-18(20)25(2)21(27)29/h3-6,9-10,14,28H,7-8,11H2,1-2H3/t14-/m1/s1. The topological polar surface area (TPSA) is 76.2 Å². The monoisotopic (exact) mass is 385 g/mol. The summed E-state index contributed by atoms with van der Waals surface area (Å²) >= 11 is 0. The van der Waals surface area contributed by atoms with Crippen molar-refractivity contribution in [3.05, 3.63) is 52.7 Å². The van der Waals surface area contributed by atoms with E-state index in [2.05, 4.69) is 9.88 Å². The third kappa shape index (κ3) is 2.74. The number of fused-ring (bicyclic) bond motifs is 3. The van der Waals surface area contributed by atoms with Crippen LogP contribution < -0.4 is 16.1 Å². The predicted octanol–water partition coefficient (Wildman–Crippen LogP) is 0.946. The molecule has 4 aromatic rings. The molecule has 1 atom stereocenters. The van der Waals surface area contributed by atoms with Crippen LogP contribution in [0.25, 0.3) is 27.6 Å². The van der Waals surface area contributed by atoms with Gasteiger partial charge in [0.05, 0.1) is 40.2 Å². The Kier molecular flexibility index (Phi) is 3.99. The average molecular weight is 385 g/mol. The Bertz CT molecular complexity index is 1330. The van der Waals surface area contributed by atoms with E-state index in [1.807, 2.05) is 31.2 Å². The van der Waals surface area contributed by atoms with Gasteiger partial charge in [-0.15, -0.1) is 0 Å². The molecular weight excluding hydrogens is 365 g/mol. The van der Waals surface area contributed by atoms with Crippen LogP contribution in [0.5, 0.6) is 0 Å². The van der Waals surface area contributed by atoms with E-state index >= 15 is 0 Å². The fourth-order valence-corrected chi connectivity index (χ4v) is 4.14. The van der Waals surface area contributed by atoms with Crippen molar-refractivity contribution in [3.8, 4) is 5.69 Å². The summed E-state index contributed by atoms with van der Waals surface area (Å²) < 4.78 is 3.28. The molecule has 1 aliphatic heterocycles. The number of hydrogen-bond donors (Lipinski definition) is 1. The summed E-state index contributed by atoms with van der Waals surface area (Å²) in [6.45, 7) is 3.25. The maximum atomic E-state index is 13.1. The molecule has 0 bridgehead atoms. The lowest BCUT2D eigenvalue weighted by molar-refractivity contribution is 0.198. The van der Waals surface area contributed by atoms with E-state index in [9.17, 15) is 9.90 Å². The first kappa shape index (κ1) is 17.9. The molecule has 0 spiro atoms. The molecule has 0 aliphatic carbocycles. The van der Waals surface area contributed by atoms with Crippen LogP contribution in [0.1, 0.15) is 12.1 Å². The molecule has 2 radical (unpaired) electrons. The molecule has 7 nitrogen and oxygen atoms in total. The molecule has 0 unspecified atom stereocenters. The molecule has 1 aromatic carbocycles. The minimum atomic E-state index is -0.318. The third-order valence-corrected chi connectivity index (χ3v) is 5.68. The first-order valence-corrected chi connectivity index (χ1v) is 9.61. The van der Waals surface area contributed by atoms with Gasteiger partial charge in [0.25, 0.3) is 0 Å². The maximum absolute atomic E-state index is 13.1. The number of anilines is 1. The summed E-state index contributed by atoms with van der Waals surface area (Å²) in [4.78, 5) is 24.4. The van der Waals surface area contributed by atoms with Crippen molar-refractivity contribution in [1.82, 2.24) is 19.1 Å². The highest BCUT2D eigenvalue weighted by Crippen LogP contribution is 2.27. The van der Waals surface area contributed by atoms with Crippen molar-refractivity contribution in [2.75, 3.05) is 18.0 Å². The van der Waals surface area contributed by atoms with Crippen LogP contribution in [-0.4, -0.2) is 51.2 Å². The van der Waals surface area contributed by atoms with Gasteiger partial charge >= 0.3 is 5.69 Å². The van der Waals surface area contributed by atoms with Crippen LogP contribution in [0.3, 0.4) is 0 Å². The quantitative estimate of drug-likeness (QED) is 0.520. The molecule has 5 rings (SSSR count). The Labute approximate surface area is 168 Å². The number of aliphatic hydroxyl groups is 1. The molecule has 29 heavy (non-hydrogen) atoms. The lowest BCUT2D eigenvalue weighted by atomic mass is 9.94. The van der Waals surface area contributed by atoms with Gasteiger partial charge in [0.1, 0.15) is 13.7 Å². The molecule has 4 heterocycles. The van der Waals surface area contributed by atoms with E-state index < -0.39 is 0 Å². The molecule has 8 heteroatoms. The lowest BCUT2D eigenvalue weighted by Crippen LogP contribution is -2.24. The number of hydrogen-bond acceptors (Lipinski definition) is 5. The van der Waals surface area contributed by atoms with Crippen LogP contribution in [-0.2, 0) is 7.05 Å². The lowest BCUT2D eigenvalue weighted by Gasteiger charge is -2.18. The molecule has 144 valence electrons. The Morgan fingerprint density at radius 3 is 2.79 bits per heavy atom. The first-order valence-electron chi connectivity index (χ1n) is 9.61. The number of benzene rings is 1. The number of rotatable bonds is 2. The fraction of sp³-hybridized carbons (Fsp3) is 0.286. The maximum Gasteiger partial charge on any atom is 0.333 e. The SMILES string of the molecule is [B]c1ccc2ncc3c(c2c1)n(-c1ccc(N2CC[C@@H](O)C2)nc1C)c(=O)n3C. The van der Waals surface area contributed by atoms with E-state index in [-0.39, 0.29) is 11.8 Å². The molecule has 3 aromatic heterocycles. The average Bonchev–Trinajstić information content (AvgIpc) is 3.24. The number of aliphatic hydroxyl groups excluding tert-OH is 1. The summed E-state index contributed by atoms with van der Waals surface area (Å²) in [5, 5.41) is 10.6. The number of aromatic nitrogens is 4. The fourth-order valence-electron chi connectivity index (χ4n) is 4.14. The van der Waals surface area contributed by atoms with E-state index in [0.29, 0.717) is 12.0 Å². The second-order valence-corrected chi connectivity index (χ2v) is 7.61. The number of imidazole rings is 1. The Hall–Kier alpha value is -3.13. The molecule has 0 amide bonds. The second-order valence-electron chi connectivity index (χ2n) is 7.61. The van der Waals surface area contributed by atoms with Crippen LogP contribution in [0, 0.1) is 6.92 Å². The smallest absolute Gasteiger partial charge is 0.333 e. The molecule has 1 N–H and O–H groups in total. The molecule has 1 saturated heterocycles. The van der Waals surface area contributed by atoms with Gasteiger partial charge in [-0.1, -0.05) is 17.6 Å². The zero-order valence-corrected chi connectivity index (χ0v) is 16.3. The normalized spacial score (nSPS) is 16.9. The van der Waals surface area contributed by atoms with Gasteiger partial charge in [-0.3, -0.25) is 14.1 Å². The van der Waals surface area contributed by atoms with E-state index in [1.165, 1.54) is 0 Å². The van der Waals surface area contributed by atoms with Gasteiger partial charge in [0.2, 0.25) is 0 Å². The summed E-state index contributed by atoms with van der Waals surface area (Å²) in [6.07, 6.45) is 2.14. The molecule has 1 aliphatic rings. The van der Waals surface area contributed by atoms with Gasteiger partial charge < -0.3 is 10.0 Å². The van der Waals surface area contributed by atoms with E-state index in [4.69, 9.17) is 12.8 Å². The van der Waals surface area contributed by atoms with Crippen LogP contribution in [0.2, 0.25) is 0 Å². The number of β-amino-alcohol motifs (C(OH)–C–C–N with tert-alkyl or cyclic N) is 1. The highest BCUT2D eigenvalue weighted by molar-refractivity contribution is 6.33. The van der Waals surface area contributed by atoms with Gasteiger partial charge in [0.15, 0.2) is 0 Å². The summed E-state index contributed by atoms with van der Waals surface area (Å²) in [6, 6.07) is 9.34. The van der Waals surface area contributed by atoms with Crippen molar-refractivity contribution < 1.29 is 5.11 Å². The second kappa shape index (κ2) is 6.45. The van der Waals surface area contributed by atoms with Crippen molar-refractivity contribution in [2.45, 2.75) is 19.4 Å². The van der Waals surface area contributed by atoms with Crippen LogP contribution >= 0.6 is 0 Å². The Balaban J connectivity index is 1.76. The van der Waals surface area contributed by atoms with Gasteiger partial charge in [-0.05, 0) is 31.5 Å². The molecular formula is C21H20BN5O2. The largest absolute Gasteiger partial charge is 0.391 e. The van der Waals surface area contributed by atoms with Crippen LogP contribution in [0.15, 0.2) is 41.3 Å². The van der Waals surface area contributed by atoms with Crippen molar-refractivity contribution in [3.63, 3.8) is 0 Å². The van der Waals surface area contributed by atoms with Gasteiger partial charge in [-0.2, -0.15) is 0 Å². The number of nitrogens with zero attached hydrogens (tertiary/aromatic N) is 5. The summed E-state index contributed by atoms with van der Waals surface area (Å²) in [5.74, 6) is 0.812. The van der Waals surface area contributed by atoms with E-state index in [0.717, 1.165) is 52.1 Å². The van der Waals surface area contributed by atoms with Crippen molar-refractivity contribution in [2.24, 2.45) is 7.05 Å². The summed E-state index contributed by atoms with van der Waals surface area (Å²) in [7, 11) is 7.76. The van der Waals surface area contributed by atoms with E-state index in [1.54, 1.807) is 28.4 Å². The Morgan fingerprint density at radius 1 is 1.24 bits per heavy atom. The van der Waals surface area contributed by atoms with Gasteiger partial charge in [-0.25, -0.2) is 9.78 Å². The minimum absolute atomic E-state index is 0.161. The molecule has 1 fully saturated rings. The zero-order valence-electron chi connectivity index (χ0n) is 16.3. The molecule has 0 saturated carbocycles. The van der Waals surface area contributed by atoms with Crippen LogP contribution in [0.4, 0.5) is 5.82 Å². The van der Waals surface area contributed by atoms with Gasteiger partial charge in [0, 0.05) is 25.5 Å². The van der Waals surface area contributed by atoms with Crippen molar-refractivity contribution in [1.29, 1.82) is 0 Å². The van der Waals surface area contributed by atoms with Crippen molar-refractivity contribution >= 4 is 41.1 Å². The summed E-state index contributed by atoms with van der Waals surface area (Å²) in [5.41, 5.74) is 4.20. The minimum Gasteiger partial charge on any atom is -0.391 e. The number of pyridine rings is 2. The highest BCUT2D eigenvalue weighted by Gasteiger charge is 2.23.